The number of hydrogen-bond donors (Lipinski definition) is 3. The van der Waals surface area contributed by atoms with E-state index in [9.17, 15) is 0 Å². The molecule has 3 rings (SSSR count). The molecule has 3 aromatic rings. The molecule has 9 nitrogen and oxygen atoms in total. The lowest BCUT2D eigenvalue weighted by atomic mass is 10.5. The van der Waals surface area contributed by atoms with Crippen molar-refractivity contribution in [1.82, 2.24) is 16.3 Å². The largest absolute Gasteiger partial charge is 0.463 e. The fraction of sp³-hybridized carbons (Fsp3) is 0.0625. The van der Waals surface area contributed by atoms with Crippen LogP contribution in [0.1, 0.15) is 17.3 Å². The summed E-state index contributed by atoms with van der Waals surface area (Å²) in [6.07, 6.45) is 8.71. The van der Waals surface area contributed by atoms with Gasteiger partial charge in [0.05, 0.1) is 37.4 Å². The van der Waals surface area contributed by atoms with Gasteiger partial charge in [-0.1, -0.05) is 0 Å². The van der Waals surface area contributed by atoms with Crippen molar-refractivity contribution >= 4 is 18.6 Å². The third-order valence-corrected chi connectivity index (χ3v) is 2.82. The minimum absolute atomic E-state index is 0.580. The number of hydrogen-bond acceptors (Lipinski definition) is 9. The van der Waals surface area contributed by atoms with E-state index in [0.717, 1.165) is 0 Å². The molecule has 0 amide bonds. The molecule has 0 fully saturated rings. The summed E-state index contributed by atoms with van der Waals surface area (Å²) in [5.41, 5.74) is 8.45. The van der Waals surface area contributed by atoms with Crippen LogP contribution in [0.4, 0.5) is 0 Å². The summed E-state index contributed by atoms with van der Waals surface area (Å²) in [5, 5.41) is 12.2. The second-order valence-corrected chi connectivity index (χ2v) is 4.64. The van der Waals surface area contributed by atoms with Crippen molar-refractivity contribution < 1.29 is 13.3 Å². The Hall–Kier alpha value is -3.75. The van der Waals surface area contributed by atoms with E-state index in [1.807, 2.05) is 0 Å². The summed E-state index contributed by atoms with van der Waals surface area (Å²) >= 11 is 0. The molecule has 0 aliphatic heterocycles. The number of furan rings is 3. The molecule has 0 bridgehead atoms. The zero-order chi connectivity index (χ0) is 17.2. The van der Waals surface area contributed by atoms with Crippen LogP contribution in [0.25, 0.3) is 0 Å². The summed E-state index contributed by atoms with van der Waals surface area (Å²) in [6, 6.07) is 10.7. The number of hydrazone groups is 3. The molecule has 0 spiro atoms. The fourth-order valence-corrected chi connectivity index (χ4v) is 1.71. The minimum atomic E-state index is -0.580. The summed E-state index contributed by atoms with van der Waals surface area (Å²) in [5.74, 6) is 1.85. The predicted octanol–water partition coefficient (Wildman–Crippen LogP) is 1.92. The average molecular weight is 340 g/mol. The van der Waals surface area contributed by atoms with E-state index in [0.29, 0.717) is 17.3 Å². The lowest BCUT2D eigenvalue weighted by Crippen LogP contribution is -2.46. The Balaban J connectivity index is 1.55. The van der Waals surface area contributed by atoms with E-state index >= 15 is 0 Å². The van der Waals surface area contributed by atoms with E-state index < -0.39 is 6.29 Å². The summed E-state index contributed by atoms with van der Waals surface area (Å²) in [6.45, 7) is 0. The minimum Gasteiger partial charge on any atom is -0.463 e. The maximum atomic E-state index is 5.16. The van der Waals surface area contributed by atoms with Gasteiger partial charge in [-0.25, -0.2) is 0 Å². The lowest BCUT2D eigenvalue weighted by molar-refractivity contribution is 0.379. The van der Waals surface area contributed by atoms with Crippen molar-refractivity contribution in [3.63, 3.8) is 0 Å². The molecule has 128 valence electrons. The molecule has 25 heavy (non-hydrogen) atoms. The monoisotopic (exact) mass is 340 g/mol. The van der Waals surface area contributed by atoms with Crippen molar-refractivity contribution in [1.29, 1.82) is 0 Å². The topological polar surface area (TPSA) is 113 Å². The maximum Gasteiger partial charge on any atom is 0.218 e. The first kappa shape index (κ1) is 16.1. The molecular formula is C16H16N6O3. The molecular weight excluding hydrogens is 324 g/mol. The van der Waals surface area contributed by atoms with Gasteiger partial charge < -0.3 is 13.3 Å². The average Bonchev–Trinajstić information content (AvgIpc) is 3.38. The van der Waals surface area contributed by atoms with Crippen LogP contribution < -0.4 is 16.3 Å². The maximum absolute atomic E-state index is 5.16. The fourth-order valence-electron chi connectivity index (χ4n) is 1.71. The van der Waals surface area contributed by atoms with Gasteiger partial charge in [-0.3, -0.25) is 16.3 Å². The van der Waals surface area contributed by atoms with Crippen LogP contribution in [0, 0.1) is 0 Å². The van der Waals surface area contributed by atoms with Crippen molar-refractivity contribution in [3.8, 4) is 0 Å². The van der Waals surface area contributed by atoms with Gasteiger partial charge in [0, 0.05) is 0 Å². The van der Waals surface area contributed by atoms with Crippen LogP contribution in [0.2, 0.25) is 0 Å². The Morgan fingerprint density at radius 2 is 1.00 bits per heavy atom. The third kappa shape index (κ3) is 5.43. The summed E-state index contributed by atoms with van der Waals surface area (Å²) in [7, 11) is 0. The van der Waals surface area contributed by atoms with Gasteiger partial charge in [-0.05, 0) is 36.4 Å². The van der Waals surface area contributed by atoms with Gasteiger partial charge in [-0.2, -0.15) is 15.3 Å². The first-order chi connectivity index (χ1) is 12.4. The Labute approximate surface area is 143 Å². The van der Waals surface area contributed by atoms with Crippen LogP contribution in [0.3, 0.4) is 0 Å². The van der Waals surface area contributed by atoms with Crippen molar-refractivity contribution in [2.75, 3.05) is 0 Å². The molecule has 3 heterocycles. The smallest absolute Gasteiger partial charge is 0.218 e. The highest BCUT2D eigenvalue weighted by molar-refractivity contribution is 5.76. The van der Waals surface area contributed by atoms with Gasteiger partial charge in [-0.15, -0.1) is 0 Å². The quantitative estimate of drug-likeness (QED) is 0.312. The summed E-state index contributed by atoms with van der Waals surface area (Å²) in [4.78, 5) is 0. The van der Waals surface area contributed by atoms with Gasteiger partial charge in [0.1, 0.15) is 17.3 Å². The zero-order valence-electron chi connectivity index (χ0n) is 13.1. The van der Waals surface area contributed by atoms with E-state index in [4.69, 9.17) is 13.3 Å². The molecule has 9 heteroatoms. The van der Waals surface area contributed by atoms with E-state index in [1.165, 1.54) is 18.6 Å². The molecule has 3 N–H and O–H groups in total. The van der Waals surface area contributed by atoms with E-state index in [-0.39, 0.29) is 0 Å². The molecule has 0 aromatic carbocycles. The van der Waals surface area contributed by atoms with Crippen LogP contribution >= 0.6 is 0 Å². The number of rotatable bonds is 9. The van der Waals surface area contributed by atoms with Gasteiger partial charge in [0.15, 0.2) is 0 Å². The third-order valence-electron chi connectivity index (χ3n) is 2.82. The molecule has 3 aromatic heterocycles. The molecule has 0 aliphatic carbocycles. The lowest BCUT2D eigenvalue weighted by Gasteiger charge is -2.14. The Bertz CT molecular complexity index is 681. The highest BCUT2D eigenvalue weighted by atomic mass is 16.3. The van der Waals surface area contributed by atoms with Gasteiger partial charge in [0.2, 0.25) is 6.29 Å². The molecule has 0 atom stereocenters. The SMILES string of the molecule is C(=N\NC(N/N=C/c1ccco1)N/N=C/c1ccco1)/c1ccco1. The first-order valence-corrected chi connectivity index (χ1v) is 7.36. The van der Waals surface area contributed by atoms with Gasteiger partial charge >= 0.3 is 0 Å². The predicted molar refractivity (Wildman–Crippen MR) is 92.1 cm³/mol. The van der Waals surface area contributed by atoms with E-state index in [2.05, 4.69) is 31.6 Å². The Morgan fingerprint density at radius 1 is 0.640 bits per heavy atom. The summed E-state index contributed by atoms with van der Waals surface area (Å²) < 4.78 is 15.5. The molecule has 0 saturated heterocycles. The normalized spacial score (nSPS) is 11.9. The van der Waals surface area contributed by atoms with Crippen LogP contribution in [0.5, 0.6) is 0 Å². The van der Waals surface area contributed by atoms with Crippen LogP contribution in [-0.4, -0.2) is 24.9 Å². The molecule has 0 aliphatic rings. The first-order valence-electron chi connectivity index (χ1n) is 7.36. The van der Waals surface area contributed by atoms with Crippen LogP contribution in [-0.2, 0) is 0 Å². The van der Waals surface area contributed by atoms with Gasteiger partial charge in [0.25, 0.3) is 0 Å². The highest BCUT2D eigenvalue weighted by Crippen LogP contribution is 1.96. The zero-order valence-corrected chi connectivity index (χ0v) is 13.1. The standard InChI is InChI=1S/C16H16N6O3/c1-4-13(23-7-1)10-17-20-16(21-18-11-14-5-2-8-24-14)22-19-12-15-6-3-9-25-15/h1-12,16,20-22H/b17-10+,18-11+,19-12+. The van der Waals surface area contributed by atoms with E-state index in [1.54, 1.807) is 55.2 Å². The second-order valence-electron chi connectivity index (χ2n) is 4.64. The number of nitrogens with zero attached hydrogens (tertiary/aromatic N) is 3. The molecule has 0 radical (unpaired) electrons. The molecule has 0 unspecified atom stereocenters. The Kier molecular flexibility index (Phi) is 5.66. The van der Waals surface area contributed by atoms with Crippen molar-refractivity contribution in [2.45, 2.75) is 6.29 Å². The second kappa shape index (κ2) is 8.77. The molecule has 0 saturated carbocycles. The number of nitrogens with one attached hydrogen (secondary N) is 3. The highest BCUT2D eigenvalue weighted by Gasteiger charge is 2.02. The van der Waals surface area contributed by atoms with Crippen LogP contribution in [0.15, 0.2) is 83.7 Å². The van der Waals surface area contributed by atoms with Crippen molar-refractivity contribution in [2.24, 2.45) is 15.3 Å². The Morgan fingerprint density at radius 3 is 1.28 bits per heavy atom. The van der Waals surface area contributed by atoms with Crippen molar-refractivity contribution in [3.05, 3.63) is 72.5 Å².